The third-order valence-corrected chi connectivity index (χ3v) is 2.71. The zero-order valence-electron chi connectivity index (χ0n) is 9.04. The molecule has 0 saturated heterocycles. The Bertz CT molecular complexity index is 403. The van der Waals surface area contributed by atoms with Crippen molar-refractivity contribution in [2.24, 2.45) is 5.92 Å². The van der Waals surface area contributed by atoms with Crippen molar-refractivity contribution in [3.8, 4) is 0 Å². The number of rotatable bonds is 5. The number of carbonyl (C=O) groups excluding carboxylic acids is 1. The molecule has 1 aromatic heterocycles. The molecule has 1 aromatic rings. The van der Waals surface area contributed by atoms with Crippen molar-refractivity contribution in [1.82, 2.24) is 15.3 Å². The highest BCUT2D eigenvalue weighted by Crippen LogP contribution is 2.27. The Balaban J connectivity index is 1.79. The van der Waals surface area contributed by atoms with Crippen LogP contribution in [0.5, 0.6) is 0 Å². The van der Waals surface area contributed by atoms with E-state index in [1.54, 1.807) is 0 Å². The summed E-state index contributed by atoms with van der Waals surface area (Å²) >= 11 is 11.3. The lowest BCUT2D eigenvalue weighted by Crippen LogP contribution is -2.29. The summed E-state index contributed by atoms with van der Waals surface area (Å²) in [6, 6.07) is 1.45. The van der Waals surface area contributed by atoms with E-state index in [9.17, 15) is 4.79 Å². The third kappa shape index (κ3) is 4.46. The van der Waals surface area contributed by atoms with Crippen LogP contribution in [0.3, 0.4) is 0 Å². The van der Waals surface area contributed by atoms with Crippen LogP contribution in [0.25, 0.3) is 0 Å². The number of anilines is 1. The largest absolute Gasteiger partial charge is 0.309 e. The van der Waals surface area contributed by atoms with E-state index < -0.39 is 0 Å². The molecule has 5 nitrogen and oxygen atoms in total. The van der Waals surface area contributed by atoms with Gasteiger partial charge in [0.25, 0.3) is 0 Å². The van der Waals surface area contributed by atoms with Crippen LogP contribution in [0, 0.1) is 5.92 Å². The van der Waals surface area contributed by atoms with Crippen LogP contribution in [0.2, 0.25) is 10.4 Å². The molecule has 17 heavy (non-hydrogen) atoms. The summed E-state index contributed by atoms with van der Waals surface area (Å²) in [6.07, 6.45) is 2.51. The molecule has 2 rings (SSSR count). The van der Waals surface area contributed by atoms with E-state index >= 15 is 0 Å². The molecule has 7 heteroatoms. The quantitative estimate of drug-likeness (QED) is 0.634. The minimum atomic E-state index is -0.170. The Kier molecular flexibility index (Phi) is 4.15. The van der Waals surface area contributed by atoms with Crippen molar-refractivity contribution in [2.75, 3.05) is 18.4 Å². The standard InChI is InChI=1S/C10H12Cl2N4O/c11-7-3-8(16-10(12)14-7)15-9(17)5-13-4-6-1-2-6/h3,6,13H,1-2,4-5H2,(H,14,15,16,17). The molecule has 1 aliphatic rings. The fourth-order valence-electron chi connectivity index (χ4n) is 1.35. The van der Waals surface area contributed by atoms with Gasteiger partial charge in [0, 0.05) is 6.07 Å². The monoisotopic (exact) mass is 274 g/mol. The highest BCUT2D eigenvalue weighted by molar-refractivity contribution is 6.32. The summed E-state index contributed by atoms with van der Waals surface area (Å²) in [7, 11) is 0. The maximum Gasteiger partial charge on any atom is 0.239 e. The van der Waals surface area contributed by atoms with Gasteiger partial charge in [-0.25, -0.2) is 9.97 Å². The topological polar surface area (TPSA) is 66.9 Å². The molecule has 0 unspecified atom stereocenters. The van der Waals surface area contributed by atoms with Crippen LogP contribution < -0.4 is 10.6 Å². The van der Waals surface area contributed by atoms with E-state index in [-0.39, 0.29) is 22.9 Å². The molecule has 0 bridgehead atoms. The summed E-state index contributed by atoms with van der Waals surface area (Å²) in [4.78, 5) is 19.0. The first-order chi connectivity index (χ1) is 8.13. The average molecular weight is 275 g/mol. The molecule has 0 radical (unpaired) electrons. The van der Waals surface area contributed by atoms with Crippen LogP contribution in [-0.4, -0.2) is 29.0 Å². The predicted octanol–water partition coefficient (Wildman–Crippen LogP) is 1.72. The number of amides is 1. The Hall–Kier alpha value is -0.910. The second-order valence-electron chi connectivity index (χ2n) is 3.97. The van der Waals surface area contributed by atoms with Crippen LogP contribution in [0.1, 0.15) is 12.8 Å². The summed E-state index contributed by atoms with van der Waals surface area (Å²) in [5.41, 5.74) is 0. The van der Waals surface area contributed by atoms with Crippen molar-refractivity contribution < 1.29 is 4.79 Å². The van der Waals surface area contributed by atoms with Gasteiger partial charge < -0.3 is 10.6 Å². The highest BCUT2D eigenvalue weighted by Gasteiger charge is 2.20. The zero-order valence-corrected chi connectivity index (χ0v) is 10.6. The molecule has 0 aromatic carbocycles. The lowest BCUT2D eigenvalue weighted by Gasteiger charge is -2.05. The molecule has 92 valence electrons. The third-order valence-electron chi connectivity index (χ3n) is 2.35. The van der Waals surface area contributed by atoms with Crippen molar-refractivity contribution in [3.05, 3.63) is 16.5 Å². The summed E-state index contributed by atoms with van der Waals surface area (Å²) < 4.78 is 0. The van der Waals surface area contributed by atoms with E-state index in [1.807, 2.05) is 0 Å². The molecule has 1 saturated carbocycles. The second-order valence-corrected chi connectivity index (χ2v) is 4.69. The van der Waals surface area contributed by atoms with Crippen LogP contribution >= 0.6 is 23.2 Å². The molecule has 0 atom stereocenters. The summed E-state index contributed by atoms with van der Waals surface area (Å²) in [6.45, 7) is 1.15. The smallest absolute Gasteiger partial charge is 0.239 e. The van der Waals surface area contributed by atoms with Crippen molar-refractivity contribution in [1.29, 1.82) is 0 Å². The SMILES string of the molecule is O=C(CNCC1CC1)Nc1cc(Cl)nc(Cl)n1. The first-order valence-corrected chi connectivity index (χ1v) is 6.10. The first kappa shape index (κ1) is 12.5. The number of hydrogen-bond donors (Lipinski definition) is 2. The van der Waals surface area contributed by atoms with E-state index in [0.29, 0.717) is 5.82 Å². The van der Waals surface area contributed by atoms with Crippen molar-refractivity contribution in [3.63, 3.8) is 0 Å². The number of halogens is 2. The number of aromatic nitrogens is 2. The molecule has 0 aliphatic heterocycles. The van der Waals surface area contributed by atoms with Crippen LogP contribution in [0.15, 0.2) is 6.07 Å². The number of hydrogen-bond acceptors (Lipinski definition) is 4. The van der Waals surface area contributed by atoms with E-state index in [0.717, 1.165) is 12.5 Å². The van der Waals surface area contributed by atoms with Gasteiger partial charge in [0.1, 0.15) is 11.0 Å². The van der Waals surface area contributed by atoms with Crippen molar-refractivity contribution in [2.45, 2.75) is 12.8 Å². The normalized spacial score (nSPS) is 14.7. The lowest BCUT2D eigenvalue weighted by molar-refractivity contribution is -0.115. The van der Waals surface area contributed by atoms with Crippen molar-refractivity contribution >= 4 is 34.9 Å². The van der Waals surface area contributed by atoms with Gasteiger partial charge in [-0.2, -0.15) is 0 Å². The molecule has 1 fully saturated rings. The Labute approximate surface area is 109 Å². The summed E-state index contributed by atoms with van der Waals surface area (Å²) in [5.74, 6) is 0.885. The second kappa shape index (κ2) is 5.62. The molecule has 1 heterocycles. The van der Waals surface area contributed by atoms with E-state index in [2.05, 4.69) is 20.6 Å². The fourth-order valence-corrected chi connectivity index (χ4v) is 1.76. The van der Waals surface area contributed by atoms with Crippen LogP contribution in [-0.2, 0) is 4.79 Å². The van der Waals surface area contributed by atoms with Gasteiger partial charge in [-0.15, -0.1) is 0 Å². The molecule has 1 amide bonds. The van der Waals surface area contributed by atoms with Gasteiger partial charge in [-0.05, 0) is 36.9 Å². The van der Waals surface area contributed by atoms with E-state index in [1.165, 1.54) is 18.9 Å². The Morgan fingerprint density at radius 3 is 2.82 bits per heavy atom. The van der Waals surface area contributed by atoms with Gasteiger partial charge in [0.05, 0.1) is 6.54 Å². The fraction of sp³-hybridized carbons (Fsp3) is 0.500. The predicted molar refractivity (Wildman–Crippen MR) is 66.3 cm³/mol. The van der Waals surface area contributed by atoms with Gasteiger partial charge >= 0.3 is 0 Å². The van der Waals surface area contributed by atoms with E-state index in [4.69, 9.17) is 23.2 Å². The van der Waals surface area contributed by atoms with Crippen LogP contribution in [0.4, 0.5) is 5.82 Å². The highest BCUT2D eigenvalue weighted by atomic mass is 35.5. The molecular weight excluding hydrogens is 263 g/mol. The maximum atomic E-state index is 11.5. The molecule has 1 aliphatic carbocycles. The first-order valence-electron chi connectivity index (χ1n) is 5.34. The maximum absolute atomic E-state index is 11.5. The molecule has 2 N–H and O–H groups in total. The van der Waals surface area contributed by atoms with Gasteiger partial charge in [0.2, 0.25) is 11.2 Å². The average Bonchev–Trinajstić information content (AvgIpc) is 2.99. The molecular formula is C10H12Cl2N4O. The minimum Gasteiger partial charge on any atom is -0.309 e. The lowest BCUT2D eigenvalue weighted by atomic mass is 10.4. The van der Waals surface area contributed by atoms with Gasteiger partial charge in [-0.1, -0.05) is 11.6 Å². The number of nitrogens with one attached hydrogen (secondary N) is 2. The van der Waals surface area contributed by atoms with Gasteiger partial charge in [0.15, 0.2) is 0 Å². The number of nitrogens with zero attached hydrogens (tertiary/aromatic N) is 2. The summed E-state index contributed by atoms with van der Waals surface area (Å²) in [5, 5.41) is 5.88. The molecule has 0 spiro atoms. The Morgan fingerprint density at radius 2 is 2.18 bits per heavy atom. The number of carbonyl (C=O) groups is 1. The minimum absolute atomic E-state index is 0.0127. The Morgan fingerprint density at radius 1 is 1.41 bits per heavy atom. The zero-order chi connectivity index (χ0) is 12.3. The van der Waals surface area contributed by atoms with Gasteiger partial charge in [-0.3, -0.25) is 4.79 Å².